The van der Waals surface area contributed by atoms with Crippen LogP contribution in [0.4, 0.5) is 18.9 Å². The van der Waals surface area contributed by atoms with Gasteiger partial charge < -0.3 is 20.4 Å². The second kappa shape index (κ2) is 5.63. The van der Waals surface area contributed by atoms with Gasteiger partial charge in [-0.3, -0.25) is 4.79 Å². The number of carbonyl (C=O) groups excluding carboxylic acids is 2. The number of hydrogen-bond donors (Lipinski definition) is 2. The predicted molar refractivity (Wildman–Crippen MR) is 59.2 cm³/mol. The molecule has 3 N–H and O–H groups in total. The lowest BCUT2D eigenvalue weighted by Gasteiger charge is -2.08. The summed E-state index contributed by atoms with van der Waals surface area (Å²) in [6, 6.07) is 1.33. The molecule has 0 aliphatic rings. The van der Waals surface area contributed by atoms with Gasteiger partial charge in [0.15, 0.2) is 6.61 Å². The van der Waals surface area contributed by atoms with Gasteiger partial charge in [-0.1, -0.05) is 0 Å². The van der Waals surface area contributed by atoms with Crippen LogP contribution >= 0.6 is 0 Å². The van der Waals surface area contributed by atoms with Crippen molar-refractivity contribution in [2.24, 2.45) is 7.05 Å². The van der Waals surface area contributed by atoms with E-state index in [0.717, 1.165) is 0 Å². The molecule has 9 heteroatoms. The summed E-state index contributed by atoms with van der Waals surface area (Å²) in [5, 5.41) is 1.58. The monoisotopic (exact) mass is 279 g/mol. The number of hydrogen-bond acceptors (Lipinski definition) is 4. The number of anilines is 1. The highest BCUT2D eigenvalue weighted by molar-refractivity contribution is 5.91. The molecule has 0 fully saturated rings. The minimum absolute atomic E-state index is 0.0983. The minimum Gasteiger partial charge on any atom is -0.451 e. The molecule has 19 heavy (non-hydrogen) atoms. The fourth-order valence-corrected chi connectivity index (χ4v) is 1.25. The Morgan fingerprint density at radius 2 is 2.11 bits per heavy atom. The number of nitrogens with two attached hydrogens (primary N) is 1. The average molecular weight is 279 g/mol. The van der Waals surface area contributed by atoms with E-state index in [1.165, 1.54) is 23.9 Å². The van der Waals surface area contributed by atoms with E-state index >= 15 is 0 Å². The molecule has 0 saturated carbocycles. The highest BCUT2D eigenvalue weighted by Crippen LogP contribution is 2.12. The van der Waals surface area contributed by atoms with Crippen molar-refractivity contribution in [2.75, 3.05) is 18.9 Å². The second-order valence-electron chi connectivity index (χ2n) is 3.74. The topological polar surface area (TPSA) is 86.3 Å². The zero-order chi connectivity index (χ0) is 14.6. The van der Waals surface area contributed by atoms with Gasteiger partial charge in [0.2, 0.25) is 0 Å². The zero-order valence-electron chi connectivity index (χ0n) is 9.95. The number of alkyl halides is 3. The molecule has 0 aliphatic carbocycles. The van der Waals surface area contributed by atoms with E-state index in [4.69, 9.17) is 5.73 Å². The Hall–Kier alpha value is -2.19. The molecule has 1 amide bonds. The number of aryl methyl sites for hydroxylation is 1. The minimum atomic E-state index is -4.51. The molecular weight excluding hydrogens is 267 g/mol. The van der Waals surface area contributed by atoms with Crippen LogP contribution in [0.2, 0.25) is 0 Å². The number of rotatable bonds is 4. The lowest BCUT2D eigenvalue weighted by molar-refractivity contribution is -0.140. The molecule has 1 aromatic heterocycles. The van der Waals surface area contributed by atoms with Gasteiger partial charge >= 0.3 is 12.1 Å². The number of nitrogen functional groups attached to an aromatic ring is 1. The van der Waals surface area contributed by atoms with Crippen molar-refractivity contribution in [2.45, 2.75) is 6.18 Å². The van der Waals surface area contributed by atoms with Crippen LogP contribution in [0.3, 0.4) is 0 Å². The van der Waals surface area contributed by atoms with Crippen molar-refractivity contribution in [3.05, 3.63) is 18.0 Å². The SMILES string of the molecule is Cn1cc(N)cc1C(=O)OCC(=O)NCC(F)(F)F. The van der Waals surface area contributed by atoms with Crippen LogP contribution < -0.4 is 11.1 Å². The highest BCUT2D eigenvalue weighted by atomic mass is 19.4. The van der Waals surface area contributed by atoms with Gasteiger partial charge in [0.1, 0.15) is 12.2 Å². The summed E-state index contributed by atoms with van der Waals surface area (Å²) < 4.78 is 41.3. The van der Waals surface area contributed by atoms with Crippen molar-refractivity contribution in [3.8, 4) is 0 Å². The molecule has 0 aromatic carbocycles. The van der Waals surface area contributed by atoms with Crippen molar-refractivity contribution < 1.29 is 27.5 Å². The van der Waals surface area contributed by atoms with Crippen LogP contribution in [0.1, 0.15) is 10.5 Å². The van der Waals surface area contributed by atoms with Gasteiger partial charge in [-0.2, -0.15) is 13.2 Å². The summed E-state index contributed by atoms with van der Waals surface area (Å²) in [5.74, 6) is -1.88. The normalized spacial score (nSPS) is 11.2. The molecular formula is C10H12F3N3O3. The Bertz CT molecular complexity index is 482. The third kappa shape index (κ3) is 4.90. The van der Waals surface area contributed by atoms with Gasteiger partial charge in [-0.15, -0.1) is 0 Å². The summed E-state index contributed by atoms with van der Waals surface area (Å²) >= 11 is 0. The summed E-state index contributed by atoms with van der Waals surface area (Å²) in [7, 11) is 1.54. The van der Waals surface area contributed by atoms with Crippen LogP contribution in [0.25, 0.3) is 0 Å². The molecule has 0 spiro atoms. The number of ether oxygens (including phenoxy) is 1. The summed E-state index contributed by atoms with van der Waals surface area (Å²) in [6.45, 7) is -2.26. The maximum atomic E-state index is 11.8. The van der Waals surface area contributed by atoms with E-state index in [0.29, 0.717) is 5.69 Å². The van der Waals surface area contributed by atoms with Crippen LogP contribution in [-0.2, 0) is 16.6 Å². The molecule has 0 aliphatic heterocycles. The van der Waals surface area contributed by atoms with E-state index in [1.54, 1.807) is 5.32 Å². The summed E-state index contributed by atoms with van der Waals surface area (Å²) in [4.78, 5) is 22.5. The first-order valence-corrected chi connectivity index (χ1v) is 5.11. The maximum absolute atomic E-state index is 11.8. The number of nitrogens with zero attached hydrogens (tertiary/aromatic N) is 1. The predicted octanol–water partition coefficient (Wildman–Crippen LogP) is 0.443. The Labute approximate surface area is 106 Å². The van der Waals surface area contributed by atoms with Crippen LogP contribution in [0.15, 0.2) is 12.3 Å². The number of halogens is 3. The summed E-state index contributed by atoms with van der Waals surface area (Å²) in [5.41, 5.74) is 5.86. The highest BCUT2D eigenvalue weighted by Gasteiger charge is 2.27. The maximum Gasteiger partial charge on any atom is 0.405 e. The molecule has 0 bridgehead atoms. The second-order valence-corrected chi connectivity index (χ2v) is 3.74. The molecule has 106 valence electrons. The summed E-state index contributed by atoms with van der Waals surface area (Å²) in [6.07, 6.45) is -3.05. The third-order valence-corrected chi connectivity index (χ3v) is 2.06. The molecule has 1 aromatic rings. The average Bonchev–Trinajstić information content (AvgIpc) is 2.61. The van der Waals surface area contributed by atoms with Gasteiger partial charge in [-0.05, 0) is 6.07 Å². The van der Waals surface area contributed by atoms with E-state index in [2.05, 4.69) is 4.74 Å². The standard InChI is InChI=1S/C10H12F3N3O3/c1-16-3-6(14)2-7(16)9(18)19-4-8(17)15-5-10(11,12)13/h2-3H,4-5,14H2,1H3,(H,15,17). The fraction of sp³-hybridized carbons (Fsp3) is 0.400. The number of nitrogens with one attached hydrogen (secondary N) is 1. The third-order valence-electron chi connectivity index (χ3n) is 2.06. The van der Waals surface area contributed by atoms with Crippen LogP contribution in [0, 0.1) is 0 Å². The Morgan fingerprint density at radius 1 is 1.47 bits per heavy atom. The molecule has 6 nitrogen and oxygen atoms in total. The van der Waals surface area contributed by atoms with Crippen molar-refractivity contribution in [1.29, 1.82) is 0 Å². The van der Waals surface area contributed by atoms with E-state index in [9.17, 15) is 22.8 Å². The van der Waals surface area contributed by atoms with E-state index < -0.39 is 31.2 Å². The largest absolute Gasteiger partial charge is 0.451 e. The van der Waals surface area contributed by atoms with Gasteiger partial charge in [0.25, 0.3) is 5.91 Å². The quantitative estimate of drug-likeness (QED) is 0.783. The molecule has 1 rings (SSSR count). The van der Waals surface area contributed by atoms with Crippen molar-refractivity contribution in [3.63, 3.8) is 0 Å². The van der Waals surface area contributed by atoms with E-state index in [1.807, 2.05) is 0 Å². The lowest BCUT2D eigenvalue weighted by Crippen LogP contribution is -2.36. The molecule has 0 atom stereocenters. The van der Waals surface area contributed by atoms with Crippen LogP contribution in [-0.4, -0.2) is 35.8 Å². The van der Waals surface area contributed by atoms with Crippen molar-refractivity contribution in [1.82, 2.24) is 9.88 Å². The van der Waals surface area contributed by atoms with E-state index in [-0.39, 0.29) is 5.69 Å². The number of amides is 1. The first-order chi connectivity index (χ1) is 8.69. The smallest absolute Gasteiger partial charge is 0.405 e. The Balaban J connectivity index is 2.42. The van der Waals surface area contributed by atoms with Gasteiger partial charge in [0, 0.05) is 13.2 Å². The van der Waals surface area contributed by atoms with Crippen molar-refractivity contribution >= 4 is 17.6 Å². The zero-order valence-corrected chi connectivity index (χ0v) is 9.95. The molecule has 0 unspecified atom stereocenters. The lowest BCUT2D eigenvalue weighted by atomic mass is 10.4. The number of aromatic nitrogens is 1. The van der Waals surface area contributed by atoms with Gasteiger partial charge in [0.05, 0.1) is 5.69 Å². The molecule has 0 radical (unpaired) electrons. The number of carbonyl (C=O) groups is 2. The fourth-order valence-electron chi connectivity index (χ4n) is 1.25. The van der Waals surface area contributed by atoms with Crippen LogP contribution in [0.5, 0.6) is 0 Å². The Morgan fingerprint density at radius 3 is 2.58 bits per heavy atom. The number of esters is 1. The van der Waals surface area contributed by atoms with Gasteiger partial charge in [-0.25, -0.2) is 4.79 Å². The Kier molecular flexibility index (Phi) is 4.41. The first kappa shape index (κ1) is 14.9. The first-order valence-electron chi connectivity index (χ1n) is 5.11. The molecule has 1 heterocycles. The molecule has 0 saturated heterocycles.